The predicted molar refractivity (Wildman–Crippen MR) is 50.6 cm³/mol. The summed E-state index contributed by atoms with van der Waals surface area (Å²) in [6.45, 7) is 3.55. The minimum Gasteiger partial charge on any atom is -0.238 e. The van der Waals surface area contributed by atoms with Crippen LogP contribution in [0.1, 0.15) is 17.3 Å². The summed E-state index contributed by atoms with van der Waals surface area (Å²) in [5.74, 6) is 0. The first-order chi connectivity index (χ1) is 6.29. The molecular weight excluding hydrogens is 170 g/mol. The maximum atomic E-state index is 13.2. The van der Waals surface area contributed by atoms with Crippen LogP contribution in [0, 0.1) is 0 Å². The summed E-state index contributed by atoms with van der Waals surface area (Å²) in [4.78, 5) is 0. The third kappa shape index (κ3) is 2.25. The number of benzene rings is 1. The second kappa shape index (κ2) is 4.55. The first-order valence-corrected chi connectivity index (χ1v) is 3.92. The van der Waals surface area contributed by atoms with Gasteiger partial charge in [0.25, 0.3) is 0 Å². The summed E-state index contributed by atoms with van der Waals surface area (Å²) in [6, 6.07) is 6.84. The summed E-state index contributed by atoms with van der Waals surface area (Å²) >= 11 is 0. The molecule has 0 aromatic heterocycles. The van der Waals surface area contributed by atoms with Crippen molar-refractivity contribution in [3.05, 3.63) is 54.4 Å². The summed E-state index contributed by atoms with van der Waals surface area (Å²) in [5.41, 5.74) is 1.12. The van der Waals surface area contributed by atoms with Gasteiger partial charge in [0, 0.05) is 0 Å². The Balaban J connectivity index is 3.05. The number of allylic oxidation sites excluding steroid dienone is 1. The molecule has 68 valence electrons. The van der Waals surface area contributed by atoms with Crippen molar-refractivity contribution in [3.63, 3.8) is 0 Å². The van der Waals surface area contributed by atoms with Crippen LogP contribution in [-0.4, -0.2) is 0 Å². The van der Waals surface area contributed by atoms with Crippen molar-refractivity contribution in [1.29, 1.82) is 0 Å². The van der Waals surface area contributed by atoms with Crippen molar-refractivity contribution >= 4 is 6.08 Å². The highest BCUT2D eigenvalue weighted by Gasteiger charge is 2.08. The molecule has 1 aromatic rings. The zero-order chi connectivity index (χ0) is 9.68. The number of hydrogen-bond donors (Lipinski definition) is 0. The first kappa shape index (κ1) is 9.65. The normalized spacial score (nSPS) is 13.1. The van der Waals surface area contributed by atoms with E-state index in [2.05, 4.69) is 6.58 Å². The fourth-order valence-electron chi connectivity index (χ4n) is 1.12. The molecule has 0 aliphatic carbocycles. The van der Waals surface area contributed by atoms with Crippen molar-refractivity contribution in [3.8, 4) is 0 Å². The Morgan fingerprint density at radius 1 is 1.31 bits per heavy atom. The van der Waals surface area contributed by atoms with Gasteiger partial charge in [-0.15, -0.1) is 0 Å². The molecule has 1 rings (SSSR count). The lowest BCUT2D eigenvalue weighted by Crippen LogP contribution is -1.90. The average molecular weight is 180 g/mol. The van der Waals surface area contributed by atoms with Gasteiger partial charge < -0.3 is 0 Å². The second-order valence-corrected chi connectivity index (χ2v) is 2.55. The number of alkyl halides is 1. The van der Waals surface area contributed by atoms with Crippen LogP contribution in [0.15, 0.2) is 43.3 Å². The Hall–Kier alpha value is -1.44. The smallest absolute Gasteiger partial charge is 0.146 e. The predicted octanol–water partition coefficient (Wildman–Crippen LogP) is 3.82. The molecule has 0 N–H and O–H groups in total. The van der Waals surface area contributed by atoms with E-state index in [1.165, 1.54) is 0 Å². The number of hydrogen-bond acceptors (Lipinski definition) is 0. The van der Waals surface area contributed by atoms with Gasteiger partial charge in [0.2, 0.25) is 0 Å². The molecule has 1 aromatic carbocycles. The molecular formula is C11H10F2. The highest BCUT2D eigenvalue weighted by molar-refractivity contribution is 5.53. The van der Waals surface area contributed by atoms with Gasteiger partial charge >= 0.3 is 0 Å². The molecule has 0 spiro atoms. The van der Waals surface area contributed by atoms with Crippen LogP contribution < -0.4 is 0 Å². The summed E-state index contributed by atoms with van der Waals surface area (Å²) < 4.78 is 24.9. The molecule has 0 fully saturated rings. The molecule has 0 nitrogen and oxygen atoms in total. The van der Waals surface area contributed by atoms with E-state index in [1.807, 2.05) is 0 Å². The highest BCUT2D eigenvalue weighted by atomic mass is 19.1. The fourth-order valence-corrected chi connectivity index (χ4v) is 1.12. The third-order valence-corrected chi connectivity index (χ3v) is 1.75. The van der Waals surface area contributed by atoms with Crippen molar-refractivity contribution in [2.45, 2.75) is 6.17 Å². The van der Waals surface area contributed by atoms with Gasteiger partial charge in [0.1, 0.15) is 6.17 Å². The van der Waals surface area contributed by atoms with Gasteiger partial charge in [0.05, 0.1) is 6.33 Å². The van der Waals surface area contributed by atoms with Crippen LogP contribution in [0.4, 0.5) is 8.78 Å². The molecule has 0 heterocycles. The average Bonchev–Trinajstić information content (AvgIpc) is 2.18. The molecule has 0 bridgehead atoms. The van der Waals surface area contributed by atoms with Gasteiger partial charge in [0.15, 0.2) is 0 Å². The second-order valence-electron chi connectivity index (χ2n) is 2.55. The molecule has 0 saturated carbocycles. The lowest BCUT2D eigenvalue weighted by molar-refractivity contribution is 0.410. The maximum Gasteiger partial charge on any atom is 0.146 e. The van der Waals surface area contributed by atoms with E-state index in [0.29, 0.717) is 11.1 Å². The quantitative estimate of drug-likeness (QED) is 0.663. The van der Waals surface area contributed by atoms with Gasteiger partial charge in [-0.25, -0.2) is 8.78 Å². The molecule has 0 amide bonds. The van der Waals surface area contributed by atoms with Crippen LogP contribution in [0.2, 0.25) is 0 Å². The number of rotatable bonds is 3. The minimum atomic E-state index is -1.40. The SMILES string of the molecule is C=Cc1ccccc1C(F)C=CF. The van der Waals surface area contributed by atoms with Crippen LogP contribution in [0.3, 0.4) is 0 Å². The molecule has 0 radical (unpaired) electrons. The standard InChI is InChI=1S/C11H10F2/c1-2-9-5-3-4-6-10(9)11(13)7-8-12/h2-8,11H,1H2. The molecule has 0 aliphatic rings. The Labute approximate surface area is 76.2 Å². The largest absolute Gasteiger partial charge is 0.238 e. The van der Waals surface area contributed by atoms with E-state index in [0.717, 1.165) is 6.08 Å². The molecule has 1 unspecified atom stereocenters. The molecule has 0 aliphatic heterocycles. The Kier molecular flexibility index (Phi) is 3.38. The molecule has 1 atom stereocenters. The van der Waals surface area contributed by atoms with Crippen molar-refractivity contribution < 1.29 is 8.78 Å². The van der Waals surface area contributed by atoms with Gasteiger partial charge in [-0.2, -0.15) is 0 Å². The van der Waals surface area contributed by atoms with Gasteiger partial charge in [-0.05, 0) is 17.2 Å². The van der Waals surface area contributed by atoms with E-state index in [4.69, 9.17) is 0 Å². The van der Waals surface area contributed by atoms with Gasteiger partial charge in [-0.3, -0.25) is 0 Å². The zero-order valence-corrected chi connectivity index (χ0v) is 7.08. The minimum absolute atomic E-state index is 0.213. The van der Waals surface area contributed by atoms with Crippen LogP contribution in [0.25, 0.3) is 6.08 Å². The van der Waals surface area contributed by atoms with Crippen molar-refractivity contribution in [2.75, 3.05) is 0 Å². The topological polar surface area (TPSA) is 0 Å². The van der Waals surface area contributed by atoms with E-state index in [-0.39, 0.29) is 6.33 Å². The Morgan fingerprint density at radius 2 is 2.00 bits per heavy atom. The van der Waals surface area contributed by atoms with Crippen molar-refractivity contribution in [2.24, 2.45) is 0 Å². The number of halogens is 2. The first-order valence-electron chi connectivity index (χ1n) is 3.92. The van der Waals surface area contributed by atoms with Crippen molar-refractivity contribution in [1.82, 2.24) is 0 Å². The van der Waals surface area contributed by atoms with Crippen LogP contribution >= 0.6 is 0 Å². The summed E-state index contributed by atoms with van der Waals surface area (Å²) in [6.07, 6.45) is 1.22. The lowest BCUT2D eigenvalue weighted by atomic mass is 10.0. The molecule has 0 saturated heterocycles. The van der Waals surface area contributed by atoms with Crippen LogP contribution in [0.5, 0.6) is 0 Å². The molecule has 13 heavy (non-hydrogen) atoms. The summed E-state index contributed by atoms with van der Waals surface area (Å²) in [5, 5.41) is 0. The van der Waals surface area contributed by atoms with E-state index < -0.39 is 6.17 Å². The van der Waals surface area contributed by atoms with E-state index in [9.17, 15) is 8.78 Å². The zero-order valence-electron chi connectivity index (χ0n) is 7.08. The lowest BCUT2D eigenvalue weighted by Gasteiger charge is -2.06. The van der Waals surface area contributed by atoms with Crippen LogP contribution in [-0.2, 0) is 0 Å². The fraction of sp³-hybridized carbons (Fsp3) is 0.0909. The Morgan fingerprint density at radius 3 is 2.62 bits per heavy atom. The van der Waals surface area contributed by atoms with E-state index in [1.54, 1.807) is 30.3 Å². The highest BCUT2D eigenvalue weighted by Crippen LogP contribution is 2.23. The molecule has 2 heteroatoms. The summed E-state index contributed by atoms with van der Waals surface area (Å²) in [7, 11) is 0. The van der Waals surface area contributed by atoms with E-state index >= 15 is 0 Å². The Bertz CT molecular complexity index is 316. The van der Waals surface area contributed by atoms with Gasteiger partial charge in [-0.1, -0.05) is 36.9 Å². The third-order valence-electron chi connectivity index (χ3n) is 1.75. The maximum absolute atomic E-state index is 13.2. The monoisotopic (exact) mass is 180 g/mol.